The Morgan fingerprint density at radius 3 is 2.33 bits per heavy atom. The summed E-state index contributed by atoms with van der Waals surface area (Å²) in [6, 6.07) is 0. The number of aryl methyl sites for hydroxylation is 2. The molecule has 0 fully saturated rings. The van der Waals surface area contributed by atoms with Crippen LogP contribution in [0.4, 0.5) is 0 Å². The lowest BCUT2D eigenvalue weighted by atomic mass is 10.1. The summed E-state index contributed by atoms with van der Waals surface area (Å²) >= 11 is 0. The summed E-state index contributed by atoms with van der Waals surface area (Å²) in [5.41, 5.74) is 1.50. The maximum atomic E-state index is 12.0. The van der Waals surface area contributed by atoms with Gasteiger partial charge in [-0.2, -0.15) is 0 Å². The predicted octanol–water partition coefficient (Wildman–Crippen LogP) is 5.42. The van der Waals surface area contributed by atoms with Crippen LogP contribution >= 0.6 is 0 Å². The zero-order valence-electron chi connectivity index (χ0n) is 16.7. The first-order valence-electron chi connectivity index (χ1n) is 8.91. The van der Waals surface area contributed by atoms with Crippen molar-refractivity contribution in [1.29, 1.82) is 0 Å². The number of ether oxygens (including phenoxy) is 1. The fourth-order valence-electron chi connectivity index (χ4n) is 2.39. The summed E-state index contributed by atoms with van der Waals surface area (Å²) in [5, 5.41) is 0.246. The highest BCUT2D eigenvalue weighted by Gasteiger charge is 2.36. The van der Waals surface area contributed by atoms with Crippen molar-refractivity contribution in [3.8, 4) is 0 Å². The highest BCUT2D eigenvalue weighted by molar-refractivity contribution is 6.74. The van der Waals surface area contributed by atoms with Crippen LogP contribution in [0.25, 0.3) is 0 Å². The van der Waals surface area contributed by atoms with E-state index in [-0.39, 0.29) is 11.0 Å². The Hall–Kier alpha value is -1.07. The zero-order chi connectivity index (χ0) is 18.5. The molecule has 0 bridgehead atoms. The van der Waals surface area contributed by atoms with Crippen molar-refractivity contribution in [3.63, 3.8) is 0 Å². The molecule has 4 nitrogen and oxygen atoms in total. The molecule has 0 spiro atoms. The minimum absolute atomic E-state index is 0.246. The number of furan rings is 1. The van der Waals surface area contributed by atoms with Gasteiger partial charge < -0.3 is 13.6 Å². The molecule has 0 saturated heterocycles. The van der Waals surface area contributed by atoms with Gasteiger partial charge in [0, 0.05) is 18.6 Å². The summed E-state index contributed by atoms with van der Waals surface area (Å²) < 4.78 is 17.1. The second-order valence-corrected chi connectivity index (χ2v) is 12.7. The van der Waals surface area contributed by atoms with E-state index in [2.05, 4.69) is 33.9 Å². The molecule has 1 heterocycles. The van der Waals surface area contributed by atoms with E-state index in [0.717, 1.165) is 37.2 Å². The van der Waals surface area contributed by atoms with Crippen LogP contribution in [0.1, 0.15) is 68.0 Å². The van der Waals surface area contributed by atoms with Crippen molar-refractivity contribution >= 4 is 14.3 Å². The van der Waals surface area contributed by atoms with Gasteiger partial charge in [-0.25, -0.2) is 4.79 Å². The molecule has 0 saturated carbocycles. The van der Waals surface area contributed by atoms with Crippen LogP contribution in [-0.2, 0) is 15.6 Å². The molecule has 1 aromatic heterocycles. The van der Waals surface area contributed by atoms with Crippen LogP contribution < -0.4 is 0 Å². The highest BCUT2D eigenvalue weighted by atomic mass is 28.4. The Kier molecular flexibility index (Phi) is 7.29. The van der Waals surface area contributed by atoms with Crippen molar-refractivity contribution in [3.05, 3.63) is 22.6 Å². The van der Waals surface area contributed by atoms with E-state index in [1.54, 1.807) is 0 Å². The second kappa shape index (κ2) is 8.34. The van der Waals surface area contributed by atoms with E-state index in [1.165, 1.54) is 0 Å². The fraction of sp³-hybridized carbons (Fsp3) is 0.737. The fourth-order valence-corrected chi connectivity index (χ4v) is 3.47. The van der Waals surface area contributed by atoms with Crippen molar-refractivity contribution in [2.75, 3.05) is 13.2 Å². The van der Waals surface area contributed by atoms with Gasteiger partial charge in [-0.1, -0.05) is 20.8 Å². The Balaban J connectivity index is 2.52. The third-order valence-electron chi connectivity index (χ3n) is 4.97. The molecule has 1 aromatic rings. The molecule has 0 atom stereocenters. The Morgan fingerprint density at radius 1 is 1.17 bits per heavy atom. The van der Waals surface area contributed by atoms with Crippen molar-refractivity contribution in [2.24, 2.45) is 0 Å². The van der Waals surface area contributed by atoms with Crippen molar-refractivity contribution < 1.29 is 18.4 Å². The third-order valence-corrected chi connectivity index (χ3v) is 9.51. The molecule has 0 aliphatic rings. The average Bonchev–Trinajstić information content (AvgIpc) is 2.72. The minimum atomic E-state index is -1.66. The first kappa shape index (κ1) is 21.0. The topological polar surface area (TPSA) is 48.7 Å². The van der Waals surface area contributed by atoms with E-state index < -0.39 is 8.32 Å². The lowest BCUT2D eigenvalue weighted by Gasteiger charge is -2.36. The third kappa shape index (κ3) is 5.21. The lowest BCUT2D eigenvalue weighted by molar-refractivity contribution is 0.0523. The van der Waals surface area contributed by atoms with Gasteiger partial charge in [0.2, 0.25) is 0 Å². The highest BCUT2D eigenvalue weighted by Crippen LogP contribution is 2.36. The lowest BCUT2D eigenvalue weighted by Crippen LogP contribution is -2.40. The maximum Gasteiger partial charge on any atom is 0.341 e. The van der Waals surface area contributed by atoms with Gasteiger partial charge in [0.25, 0.3) is 0 Å². The zero-order valence-corrected chi connectivity index (χ0v) is 17.7. The molecule has 0 aliphatic carbocycles. The van der Waals surface area contributed by atoms with Gasteiger partial charge in [-0.05, 0) is 51.7 Å². The van der Waals surface area contributed by atoms with E-state index in [0.29, 0.717) is 17.9 Å². The van der Waals surface area contributed by atoms with Crippen LogP contribution in [-0.4, -0.2) is 27.5 Å². The summed E-state index contributed by atoms with van der Waals surface area (Å²) in [6.45, 7) is 18.1. The number of hydrogen-bond acceptors (Lipinski definition) is 4. The van der Waals surface area contributed by atoms with Gasteiger partial charge >= 0.3 is 5.97 Å². The molecule has 0 aromatic carbocycles. The quantitative estimate of drug-likeness (QED) is 0.355. The SMILES string of the molecule is CCOC(=O)c1c(C)oc(CCCCO[Si](C)(C)C(C)(C)C)c1C. The molecule has 0 aliphatic heterocycles. The van der Waals surface area contributed by atoms with E-state index in [9.17, 15) is 4.79 Å². The number of rotatable bonds is 8. The number of esters is 1. The van der Waals surface area contributed by atoms with Crippen LogP contribution in [0.5, 0.6) is 0 Å². The van der Waals surface area contributed by atoms with E-state index >= 15 is 0 Å². The van der Waals surface area contributed by atoms with Gasteiger partial charge in [-0.3, -0.25) is 0 Å². The minimum Gasteiger partial charge on any atom is -0.465 e. The van der Waals surface area contributed by atoms with Gasteiger partial charge in [-0.15, -0.1) is 0 Å². The Morgan fingerprint density at radius 2 is 1.79 bits per heavy atom. The van der Waals surface area contributed by atoms with Gasteiger partial charge in [0.05, 0.1) is 6.61 Å². The Bertz CT molecular complexity index is 552. The number of carbonyl (C=O) groups is 1. The first-order valence-corrected chi connectivity index (χ1v) is 11.8. The Labute approximate surface area is 148 Å². The number of unbranched alkanes of at least 4 members (excludes halogenated alkanes) is 1. The maximum absolute atomic E-state index is 12.0. The molecule has 0 radical (unpaired) electrons. The number of carbonyl (C=O) groups excluding carboxylic acids is 1. The van der Waals surface area contributed by atoms with Crippen LogP contribution in [0.2, 0.25) is 18.1 Å². The van der Waals surface area contributed by atoms with Crippen LogP contribution in [0, 0.1) is 13.8 Å². The smallest absolute Gasteiger partial charge is 0.341 e. The molecule has 0 N–H and O–H groups in total. The average molecular weight is 355 g/mol. The van der Waals surface area contributed by atoms with Gasteiger partial charge in [0.15, 0.2) is 8.32 Å². The normalized spacial score (nSPS) is 12.5. The van der Waals surface area contributed by atoms with Crippen LogP contribution in [0.15, 0.2) is 4.42 Å². The molecule has 138 valence electrons. The molecular weight excluding hydrogens is 320 g/mol. The summed E-state index contributed by atoms with van der Waals surface area (Å²) in [7, 11) is -1.66. The van der Waals surface area contributed by atoms with Crippen LogP contribution in [0.3, 0.4) is 0 Å². The molecule has 24 heavy (non-hydrogen) atoms. The summed E-state index contributed by atoms with van der Waals surface area (Å²) in [5.74, 6) is 1.25. The summed E-state index contributed by atoms with van der Waals surface area (Å²) in [4.78, 5) is 12.0. The number of hydrogen-bond donors (Lipinski definition) is 0. The second-order valence-electron chi connectivity index (χ2n) is 7.87. The van der Waals surface area contributed by atoms with Crippen molar-refractivity contribution in [2.45, 2.75) is 78.9 Å². The molecule has 5 heteroatoms. The molecule has 1 rings (SSSR count). The first-order chi connectivity index (χ1) is 11.0. The van der Waals surface area contributed by atoms with Crippen molar-refractivity contribution in [1.82, 2.24) is 0 Å². The van der Waals surface area contributed by atoms with Gasteiger partial charge in [0.1, 0.15) is 17.1 Å². The molecule has 0 amide bonds. The summed E-state index contributed by atoms with van der Waals surface area (Å²) in [6.07, 6.45) is 2.82. The standard InChI is InChI=1S/C19H34O4Si/c1-9-21-18(20)17-14(2)16(23-15(17)3)12-10-11-13-22-24(7,8)19(4,5)6/h9-13H2,1-8H3. The predicted molar refractivity (Wildman–Crippen MR) is 100 cm³/mol. The molecule has 0 unspecified atom stereocenters. The molecular formula is C19H34O4Si. The van der Waals surface area contributed by atoms with E-state index in [4.69, 9.17) is 13.6 Å². The van der Waals surface area contributed by atoms with E-state index in [1.807, 2.05) is 20.8 Å². The largest absolute Gasteiger partial charge is 0.465 e. The monoisotopic (exact) mass is 354 g/mol.